The highest BCUT2D eigenvalue weighted by Crippen LogP contribution is 2.20. The molecule has 0 aliphatic carbocycles. The predicted octanol–water partition coefficient (Wildman–Crippen LogP) is 3.27. The molecule has 0 bridgehead atoms. The SMILES string of the molecule is Cc1nn(-c2ccc(F)cc2F)c(C)c1CNC(C)C. The van der Waals surface area contributed by atoms with Gasteiger partial charge in [0.15, 0.2) is 5.82 Å². The Labute approximate surface area is 117 Å². The monoisotopic (exact) mass is 279 g/mol. The minimum atomic E-state index is -0.612. The Morgan fingerprint density at radius 3 is 2.55 bits per heavy atom. The summed E-state index contributed by atoms with van der Waals surface area (Å²) in [5.74, 6) is -1.20. The van der Waals surface area contributed by atoms with Crippen molar-refractivity contribution < 1.29 is 8.78 Å². The molecule has 3 nitrogen and oxygen atoms in total. The Morgan fingerprint density at radius 2 is 1.95 bits per heavy atom. The minimum Gasteiger partial charge on any atom is -0.310 e. The van der Waals surface area contributed by atoms with Crippen LogP contribution in [0.4, 0.5) is 8.78 Å². The van der Waals surface area contributed by atoms with Crippen molar-refractivity contribution in [2.45, 2.75) is 40.3 Å². The molecule has 0 amide bonds. The molecule has 1 aromatic heterocycles. The lowest BCUT2D eigenvalue weighted by molar-refractivity contribution is 0.571. The van der Waals surface area contributed by atoms with Crippen LogP contribution in [0, 0.1) is 25.5 Å². The molecule has 5 heteroatoms. The van der Waals surface area contributed by atoms with Crippen molar-refractivity contribution in [1.29, 1.82) is 0 Å². The first kappa shape index (κ1) is 14.7. The maximum atomic E-state index is 13.9. The third-order valence-corrected chi connectivity index (χ3v) is 3.27. The van der Waals surface area contributed by atoms with Gasteiger partial charge in [0.2, 0.25) is 0 Å². The summed E-state index contributed by atoms with van der Waals surface area (Å²) in [6, 6.07) is 3.88. The summed E-state index contributed by atoms with van der Waals surface area (Å²) < 4.78 is 28.4. The van der Waals surface area contributed by atoms with E-state index in [0.717, 1.165) is 23.0 Å². The molecule has 108 valence electrons. The smallest absolute Gasteiger partial charge is 0.151 e. The molecule has 0 saturated heterocycles. The third-order valence-electron chi connectivity index (χ3n) is 3.27. The van der Waals surface area contributed by atoms with Gasteiger partial charge in [-0.25, -0.2) is 13.5 Å². The van der Waals surface area contributed by atoms with Gasteiger partial charge in [0.1, 0.15) is 11.5 Å². The van der Waals surface area contributed by atoms with Gasteiger partial charge < -0.3 is 5.32 Å². The first-order valence-electron chi connectivity index (χ1n) is 6.64. The van der Waals surface area contributed by atoms with Crippen molar-refractivity contribution in [2.24, 2.45) is 0 Å². The second kappa shape index (κ2) is 5.71. The summed E-state index contributed by atoms with van der Waals surface area (Å²) in [6.45, 7) is 8.59. The van der Waals surface area contributed by atoms with Gasteiger partial charge in [0, 0.05) is 29.9 Å². The molecule has 0 aliphatic heterocycles. The van der Waals surface area contributed by atoms with E-state index in [4.69, 9.17) is 0 Å². The molecule has 0 aliphatic rings. The fourth-order valence-electron chi connectivity index (χ4n) is 2.12. The Hall–Kier alpha value is -1.75. The lowest BCUT2D eigenvalue weighted by Gasteiger charge is -2.09. The topological polar surface area (TPSA) is 29.9 Å². The number of hydrogen-bond acceptors (Lipinski definition) is 2. The zero-order valence-electron chi connectivity index (χ0n) is 12.2. The number of benzene rings is 1. The van der Waals surface area contributed by atoms with E-state index in [-0.39, 0.29) is 5.69 Å². The summed E-state index contributed by atoms with van der Waals surface area (Å²) in [7, 11) is 0. The molecule has 2 aromatic rings. The van der Waals surface area contributed by atoms with E-state index >= 15 is 0 Å². The lowest BCUT2D eigenvalue weighted by atomic mass is 10.2. The molecular formula is C15H19F2N3. The summed E-state index contributed by atoms with van der Waals surface area (Å²) >= 11 is 0. The number of aryl methyl sites for hydroxylation is 1. The van der Waals surface area contributed by atoms with Crippen LogP contribution >= 0.6 is 0 Å². The molecule has 1 aromatic carbocycles. The van der Waals surface area contributed by atoms with E-state index in [1.54, 1.807) is 0 Å². The van der Waals surface area contributed by atoms with E-state index in [1.807, 2.05) is 13.8 Å². The van der Waals surface area contributed by atoms with Gasteiger partial charge in [-0.2, -0.15) is 5.10 Å². The molecule has 1 heterocycles. The van der Waals surface area contributed by atoms with Gasteiger partial charge in [-0.05, 0) is 26.0 Å². The fourth-order valence-corrected chi connectivity index (χ4v) is 2.12. The summed E-state index contributed by atoms with van der Waals surface area (Å²) in [5, 5.41) is 7.69. The Balaban J connectivity index is 2.40. The number of aromatic nitrogens is 2. The van der Waals surface area contributed by atoms with Crippen molar-refractivity contribution in [3.63, 3.8) is 0 Å². The second-order valence-corrected chi connectivity index (χ2v) is 5.19. The number of halogens is 2. The van der Waals surface area contributed by atoms with Gasteiger partial charge in [-0.15, -0.1) is 0 Å². The third kappa shape index (κ3) is 2.88. The van der Waals surface area contributed by atoms with Crippen molar-refractivity contribution in [3.05, 3.63) is 46.8 Å². The molecule has 1 N–H and O–H groups in total. The summed E-state index contributed by atoms with van der Waals surface area (Å²) in [6.07, 6.45) is 0. The lowest BCUT2D eigenvalue weighted by Crippen LogP contribution is -2.22. The Bertz CT molecular complexity index is 618. The van der Waals surface area contributed by atoms with Crippen molar-refractivity contribution >= 4 is 0 Å². The highest BCUT2D eigenvalue weighted by Gasteiger charge is 2.15. The molecule has 0 saturated carbocycles. The van der Waals surface area contributed by atoms with Crippen molar-refractivity contribution in [2.75, 3.05) is 0 Å². The van der Waals surface area contributed by atoms with Crippen LogP contribution in [0.25, 0.3) is 5.69 Å². The average Bonchev–Trinajstić information content (AvgIpc) is 2.62. The van der Waals surface area contributed by atoms with Crippen LogP contribution in [0.15, 0.2) is 18.2 Å². The number of hydrogen-bond donors (Lipinski definition) is 1. The predicted molar refractivity (Wildman–Crippen MR) is 74.9 cm³/mol. The van der Waals surface area contributed by atoms with Crippen LogP contribution in [-0.2, 0) is 6.54 Å². The zero-order chi connectivity index (χ0) is 14.9. The molecule has 0 fully saturated rings. The normalized spacial score (nSPS) is 11.3. The van der Waals surface area contributed by atoms with Crippen molar-refractivity contribution in [1.82, 2.24) is 15.1 Å². The highest BCUT2D eigenvalue weighted by atomic mass is 19.1. The zero-order valence-corrected chi connectivity index (χ0v) is 12.2. The van der Waals surface area contributed by atoms with E-state index in [1.165, 1.54) is 16.8 Å². The quantitative estimate of drug-likeness (QED) is 0.931. The minimum absolute atomic E-state index is 0.266. The maximum absolute atomic E-state index is 13.9. The van der Waals surface area contributed by atoms with Crippen LogP contribution in [0.5, 0.6) is 0 Å². The van der Waals surface area contributed by atoms with Crippen LogP contribution in [0.1, 0.15) is 30.8 Å². The average molecular weight is 279 g/mol. The molecule has 0 spiro atoms. The van der Waals surface area contributed by atoms with Crippen molar-refractivity contribution in [3.8, 4) is 5.69 Å². The van der Waals surface area contributed by atoms with E-state index in [2.05, 4.69) is 24.3 Å². The number of rotatable bonds is 4. The summed E-state index contributed by atoms with van der Waals surface area (Å²) in [4.78, 5) is 0. The largest absolute Gasteiger partial charge is 0.310 e. The van der Waals surface area contributed by atoms with E-state index in [9.17, 15) is 8.78 Å². The fraction of sp³-hybridized carbons (Fsp3) is 0.400. The van der Waals surface area contributed by atoms with Gasteiger partial charge in [-0.1, -0.05) is 13.8 Å². The summed E-state index contributed by atoms with van der Waals surface area (Å²) in [5.41, 5.74) is 3.02. The molecular weight excluding hydrogens is 260 g/mol. The van der Waals surface area contributed by atoms with Crippen LogP contribution in [0.3, 0.4) is 0 Å². The first-order valence-corrected chi connectivity index (χ1v) is 6.64. The van der Waals surface area contributed by atoms with Crippen LogP contribution < -0.4 is 5.32 Å². The Kier molecular flexibility index (Phi) is 4.18. The molecule has 0 unspecified atom stereocenters. The van der Waals surface area contributed by atoms with Gasteiger partial charge in [-0.3, -0.25) is 0 Å². The van der Waals surface area contributed by atoms with E-state index in [0.29, 0.717) is 12.6 Å². The van der Waals surface area contributed by atoms with E-state index < -0.39 is 11.6 Å². The molecule has 2 rings (SSSR count). The molecule has 20 heavy (non-hydrogen) atoms. The number of nitrogens with one attached hydrogen (secondary N) is 1. The van der Waals surface area contributed by atoms with Gasteiger partial charge >= 0.3 is 0 Å². The maximum Gasteiger partial charge on any atom is 0.151 e. The Morgan fingerprint density at radius 1 is 1.25 bits per heavy atom. The van der Waals surface area contributed by atoms with Crippen LogP contribution in [-0.4, -0.2) is 15.8 Å². The number of nitrogens with zero attached hydrogens (tertiary/aromatic N) is 2. The standard InChI is InChI=1S/C15H19F2N3/c1-9(2)18-8-13-10(3)19-20(11(13)4)15-6-5-12(16)7-14(15)17/h5-7,9,18H,8H2,1-4H3. The highest BCUT2D eigenvalue weighted by molar-refractivity contribution is 5.38. The van der Waals surface area contributed by atoms with Gasteiger partial charge in [0.25, 0.3) is 0 Å². The molecule has 0 atom stereocenters. The molecule has 0 radical (unpaired) electrons. The van der Waals surface area contributed by atoms with Crippen LogP contribution in [0.2, 0.25) is 0 Å². The van der Waals surface area contributed by atoms with Gasteiger partial charge in [0.05, 0.1) is 5.69 Å². The second-order valence-electron chi connectivity index (χ2n) is 5.19. The first-order chi connectivity index (χ1) is 9.40.